The van der Waals surface area contributed by atoms with Gasteiger partial charge in [0.1, 0.15) is 0 Å². The van der Waals surface area contributed by atoms with Crippen LogP contribution in [0.3, 0.4) is 0 Å². The zero-order chi connectivity index (χ0) is 20.0. The molecule has 1 aliphatic rings. The number of nitrogens with zero attached hydrogens (tertiary/aromatic N) is 1. The molecule has 150 valence electrons. The standard InChI is InChI=1S/C21H26N2O3S2/c1-17-9-11-20(12-10-17)28(25,26)23-14-5-6-18(16-23)21(24)22-13-15-27-19-7-3-2-4-8-19/h2-4,7-12,18H,5-6,13-16H2,1H3,(H,22,24)/t18-/m1/s1. The van der Waals surface area contributed by atoms with Gasteiger partial charge in [0.2, 0.25) is 15.9 Å². The van der Waals surface area contributed by atoms with Crippen molar-refractivity contribution >= 4 is 27.7 Å². The molecule has 1 N–H and O–H groups in total. The lowest BCUT2D eigenvalue weighted by Gasteiger charge is -2.31. The molecular weight excluding hydrogens is 392 g/mol. The molecule has 5 nitrogen and oxygen atoms in total. The molecule has 3 rings (SSSR count). The Morgan fingerprint density at radius 1 is 1.14 bits per heavy atom. The predicted octanol–water partition coefficient (Wildman–Crippen LogP) is 3.30. The number of aryl methyl sites for hydroxylation is 1. The number of hydrogen-bond acceptors (Lipinski definition) is 4. The number of sulfonamides is 1. The van der Waals surface area contributed by atoms with E-state index in [9.17, 15) is 13.2 Å². The summed E-state index contributed by atoms with van der Waals surface area (Å²) in [6, 6.07) is 16.9. The lowest BCUT2D eigenvalue weighted by atomic mass is 9.99. The molecule has 0 aromatic heterocycles. The molecule has 0 unspecified atom stereocenters. The molecule has 0 saturated carbocycles. The second kappa shape index (κ2) is 9.58. The number of benzene rings is 2. The van der Waals surface area contributed by atoms with Gasteiger partial charge in [0.05, 0.1) is 10.8 Å². The molecule has 1 saturated heterocycles. The van der Waals surface area contributed by atoms with E-state index in [0.29, 0.717) is 24.4 Å². The van der Waals surface area contributed by atoms with Gasteiger partial charge in [-0.3, -0.25) is 4.79 Å². The molecule has 0 radical (unpaired) electrons. The van der Waals surface area contributed by atoms with E-state index >= 15 is 0 Å². The SMILES string of the molecule is Cc1ccc(S(=O)(=O)N2CCC[C@@H](C(=O)NCCSc3ccccc3)C2)cc1. The summed E-state index contributed by atoms with van der Waals surface area (Å²) in [6.45, 7) is 3.20. The van der Waals surface area contributed by atoms with Gasteiger partial charge in [-0.1, -0.05) is 35.9 Å². The van der Waals surface area contributed by atoms with Crippen LogP contribution in [0.2, 0.25) is 0 Å². The Bertz CT molecular complexity index is 884. The maximum Gasteiger partial charge on any atom is 0.243 e. The molecule has 0 bridgehead atoms. The smallest absolute Gasteiger partial charge is 0.243 e. The van der Waals surface area contributed by atoms with Gasteiger partial charge in [-0.25, -0.2) is 8.42 Å². The van der Waals surface area contributed by atoms with E-state index in [-0.39, 0.29) is 18.4 Å². The molecule has 1 aliphatic heterocycles. The number of piperidine rings is 1. The summed E-state index contributed by atoms with van der Waals surface area (Å²) >= 11 is 1.69. The van der Waals surface area contributed by atoms with Gasteiger partial charge in [-0.15, -0.1) is 11.8 Å². The van der Waals surface area contributed by atoms with E-state index in [4.69, 9.17) is 0 Å². The average Bonchev–Trinajstić information content (AvgIpc) is 2.72. The molecular formula is C21H26N2O3S2. The van der Waals surface area contributed by atoms with Crippen LogP contribution in [0, 0.1) is 12.8 Å². The van der Waals surface area contributed by atoms with E-state index in [1.807, 2.05) is 37.3 Å². The van der Waals surface area contributed by atoms with Crippen LogP contribution in [0.5, 0.6) is 0 Å². The lowest BCUT2D eigenvalue weighted by Crippen LogP contribution is -2.45. The van der Waals surface area contributed by atoms with Gasteiger partial charge in [-0.2, -0.15) is 4.31 Å². The lowest BCUT2D eigenvalue weighted by molar-refractivity contribution is -0.125. The Morgan fingerprint density at radius 3 is 2.57 bits per heavy atom. The van der Waals surface area contributed by atoms with Crippen molar-refractivity contribution in [2.75, 3.05) is 25.4 Å². The summed E-state index contributed by atoms with van der Waals surface area (Å²) < 4.78 is 27.2. The van der Waals surface area contributed by atoms with E-state index in [2.05, 4.69) is 5.32 Å². The van der Waals surface area contributed by atoms with Gasteiger partial charge < -0.3 is 5.32 Å². The third kappa shape index (κ3) is 5.37. The quantitative estimate of drug-likeness (QED) is 0.553. The number of carbonyl (C=O) groups excluding carboxylic acids is 1. The number of hydrogen-bond donors (Lipinski definition) is 1. The molecule has 28 heavy (non-hydrogen) atoms. The maximum absolute atomic E-state index is 12.9. The first-order valence-electron chi connectivity index (χ1n) is 9.49. The van der Waals surface area contributed by atoms with Crippen molar-refractivity contribution in [3.8, 4) is 0 Å². The van der Waals surface area contributed by atoms with Crippen LogP contribution >= 0.6 is 11.8 Å². The fraction of sp³-hybridized carbons (Fsp3) is 0.381. The van der Waals surface area contributed by atoms with Crippen molar-refractivity contribution in [3.05, 3.63) is 60.2 Å². The van der Waals surface area contributed by atoms with Crippen molar-refractivity contribution in [2.45, 2.75) is 29.6 Å². The summed E-state index contributed by atoms with van der Waals surface area (Å²) in [5.74, 6) is 0.432. The number of thioether (sulfide) groups is 1. The topological polar surface area (TPSA) is 66.5 Å². The summed E-state index contributed by atoms with van der Waals surface area (Å²) in [5.41, 5.74) is 1.02. The minimum atomic E-state index is -3.56. The molecule has 1 heterocycles. The number of amides is 1. The van der Waals surface area contributed by atoms with Crippen LogP contribution in [-0.2, 0) is 14.8 Å². The molecule has 0 spiro atoms. The number of nitrogens with one attached hydrogen (secondary N) is 1. The number of rotatable bonds is 7. The third-order valence-corrected chi connectivity index (χ3v) is 7.72. The first kappa shape index (κ1) is 20.9. The zero-order valence-electron chi connectivity index (χ0n) is 16.0. The molecule has 1 amide bonds. The monoisotopic (exact) mass is 418 g/mol. The first-order valence-corrected chi connectivity index (χ1v) is 11.9. The molecule has 0 aliphatic carbocycles. The third-order valence-electron chi connectivity index (χ3n) is 4.83. The highest BCUT2D eigenvalue weighted by Crippen LogP contribution is 2.24. The Morgan fingerprint density at radius 2 is 1.86 bits per heavy atom. The van der Waals surface area contributed by atoms with E-state index < -0.39 is 10.0 Å². The summed E-state index contributed by atoms with van der Waals surface area (Å²) in [7, 11) is -3.56. The largest absolute Gasteiger partial charge is 0.355 e. The van der Waals surface area contributed by atoms with Crippen molar-refractivity contribution in [1.29, 1.82) is 0 Å². The zero-order valence-corrected chi connectivity index (χ0v) is 17.6. The Labute approximate surface area is 171 Å². The number of carbonyl (C=O) groups is 1. The van der Waals surface area contributed by atoms with E-state index in [1.165, 1.54) is 9.20 Å². The Balaban J connectivity index is 1.52. The van der Waals surface area contributed by atoms with Crippen molar-refractivity contribution in [2.24, 2.45) is 5.92 Å². The van der Waals surface area contributed by atoms with Crippen LogP contribution in [0.25, 0.3) is 0 Å². The highest BCUT2D eigenvalue weighted by molar-refractivity contribution is 7.99. The van der Waals surface area contributed by atoms with Crippen LogP contribution in [0.1, 0.15) is 18.4 Å². The highest BCUT2D eigenvalue weighted by atomic mass is 32.2. The minimum absolute atomic E-state index is 0.0579. The van der Waals surface area contributed by atoms with Gasteiger partial charge in [-0.05, 0) is 44.0 Å². The minimum Gasteiger partial charge on any atom is -0.355 e. The maximum atomic E-state index is 12.9. The Hall–Kier alpha value is -1.83. The Kier molecular flexibility index (Phi) is 7.15. The fourth-order valence-electron chi connectivity index (χ4n) is 3.24. The highest BCUT2D eigenvalue weighted by Gasteiger charge is 2.33. The normalized spacial score (nSPS) is 18.0. The van der Waals surface area contributed by atoms with Crippen molar-refractivity contribution < 1.29 is 13.2 Å². The van der Waals surface area contributed by atoms with Crippen LogP contribution in [-0.4, -0.2) is 44.0 Å². The van der Waals surface area contributed by atoms with Crippen LogP contribution < -0.4 is 5.32 Å². The van der Waals surface area contributed by atoms with Gasteiger partial charge in [0.15, 0.2) is 0 Å². The molecule has 2 aromatic rings. The second-order valence-electron chi connectivity index (χ2n) is 6.97. The second-order valence-corrected chi connectivity index (χ2v) is 10.1. The van der Waals surface area contributed by atoms with E-state index in [0.717, 1.165) is 17.7 Å². The average molecular weight is 419 g/mol. The van der Waals surface area contributed by atoms with Crippen LogP contribution in [0.15, 0.2) is 64.4 Å². The molecule has 1 atom stereocenters. The molecule has 7 heteroatoms. The fourth-order valence-corrected chi connectivity index (χ4v) is 5.55. The molecule has 1 fully saturated rings. The van der Waals surface area contributed by atoms with Gasteiger partial charge in [0, 0.05) is 30.3 Å². The molecule has 2 aromatic carbocycles. The van der Waals surface area contributed by atoms with Crippen LogP contribution in [0.4, 0.5) is 0 Å². The van der Waals surface area contributed by atoms with Gasteiger partial charge >= 0.3 is 0 Å². The van der Waals surface area contributed by atoms with E-state index in [1.54, 1.807) is 36.0 Å². The van der Waals surface area contributed by atoms with Crippen molar-refractivity contribution in [1.82, 2.24) is 9.62 Å². The first-order chi connectivity index (χ1) is 13.5. The summed E-state index contributed by atoms with van der Waals surface area (Å²) in [6.07, 6.45) is 1.42. The predicted molar refractivity (Wildman–Crippen MR) is 113 cm³/mol. The van der Waals surface area contributed by atoms with Crippen molar-refractivity contribution in [3.63, 3.8) is 0 Å². The summed E-state index contributed by atoms with van der Waals surface area (Å²) in [5, 5.41) is 2.96. The summed E-state index contributed by atoms with van der Waals surface area (Å²) in [4.78, 5) is 14.0. The van der Waals surface area contributed by atoms with Gasteiger partial charge in [0.25, 0.3) is 0 Å².